The Kier molecular flexibility index (Phi) is 2.56. The van der Waals surface area contributed by atoms with Gasteiger partial charge in [-0.25, -0.2) is 0 Å². The fourth-order valence-corrected chi connectivity index (χ4v) is 2.73. The van der Waals surface area contributed by atoms with Crippen molar-refractivity contribution < 1.29 is 9.47 Å². The first-order valence-electron chi connectivity index (χ1n) is 4.10. The van der Waals surface area contributed by atoms with Gasteiger partial charge in [0.05, 0.1) is 18.9 Å². The summed E-state index contributed by atoms with van der Waals surface area (Å²) in [5.41, 5.74) is 0. The summed E-state index contributed by atoms with van der Waals surface area (Å²) in [5.74, 6) is 0.795. The van der Waals surface area contributed by atoms with Gasteiger partial charge in [-0.05, 0) is 12.1 Å². The van der Waals surface area contributed by atoms with Crippen LogP contribution in [0.2, 0.25) is 0 Å². The quantitative estimate of drug-likeness (QED) is 0.793. The standard InChI is InChI=1S/C10H10O2S2/c1-11-8-6-4-3-5-7(13)9(6)14-10(8)12-2/h3-5,13H,1-2H3. The molecule has 0 fully saturated rings. The highest BCUT2D eigenvalue weighted by molar-refractivity contribution is 7.80. The second kappa shape index (κ2) is 3.71. The lowest BCUT2D eigenvalue weighted by atomic mass is 10.2. The molecule has 0 spiro atoms. The first-order chi connectivity index (χ1) is 6.77. The van der Waals surface area contributed by atoms with Crippen molar-refractivity contribution >= 4 is 34.1 Å². The lowest BCUT2D eigenvalue weighted by Gasteiger charge is -2.00. The first-order valence-corrected chi connectivity index (χ1v) is 5.36. The van der Waals surface area contributed by atoms with Crippen LogP contribution in [-0.4, -0.2) is 14.2 Å². The topological polar surface area (TPSA) is 18.5 Å². The van der Waals surface area contributed by atoms with Crippen molar-refractivity contribution in [2.45, 2.75) is 4.90 Å². The van der Waals surface area contributed by atoms with Gasteiger partial charge in [-0.2, -0.15) is 0 Å². The molecule has 14 heavy (non-hydrogen) atoms. The van der Waals surface area contributed by atoms with Crippen molar-refractivity contribution in [2.75, 3.05) is 14.2 Å². The minimum Gasteiger partial charge on any atom is -0.491 e. The van der Waals surface area contributed by atoms with Crippen molar-refractivity contribution in [2.24, 2.45) is 0 Å². The molecule has 0 aliphatic rings. The molecule has 1 aromatic carbocycles. The van der Waals surface area contributed by atoms with Gasteiger partial charge in [-0.1, -0.05) is 17.4 Å². The van der Waals surface area contributed by atoms with E-state index in [1.165, 1.54) is 0 Å². The van der Waals surface area contributed by atoms with E-state index in [1.807, 2.05) is 18.2 Å². The molecule has 0 aliphatic carbocycles. The monoisotopic (exact) mass is 226 g/mol. The second-order valence-corrected chi connectivity index (χ2v) is 4.25. The Morgan fingerprint density at radius 2 is 2.00 bits per heavy atom. The molecule has 4 heteroatoms. The van der Waals surface area contributed by atoms with E-state index in [4.69, 9.17) is 9.47 Å². The zero-order chi connectivity index (χ0) is 10.1. The van der Waals surface area contributed by atoms with Gasteiger partial charge in [0.15, 0.2) is 5.75 Å². The Hall–Kier alpha value is -0.870. The Labute approximate surface area is 91.9 Å². The molecule has 0 radical (unpaired) electrons. The zero-order valence-electron chi connectivity index (χ0n) is 7.90. The molecule has 74 valence electrons. The molecule has 2 nitrogen and oxygen atoms in total. The fourth-order valence-electron chi connectivity index (χ4n) is 1.39. The molecule has 0 atom stereocenters. The Balaban J connectivity index is 2.79. The molecule has 0 bridgehead atoms. The average Bonchev–Trinajstić information content (AvgIpc) is 2.57. The number of thiol groups is 1. The van der Waals surface area contributed by atoms with E-state index in [-0.39, 0.29) is 0 Å². The van der Waals surface area contributed by atoms with Crippen molar-refractivity contribution in [1.29, 1.82) is 0 Å². The SMILES string of the molecule is COc1sc2c(S)cccc2c1OC. The van der Waals surface area contributed by atoms with Gasteiger partial charge >= 0.3 is 0 Å². The summed E-state index contributed by atoms with van der Waals surface area (Å²) in [5, 5.41) is 1.85. The van der Waals surface area contributed by atoms with E-state index >= 15 is 0 Å². The van der Waals surface area contributed by atoms with Crippen LogP contribution in [0.15, 0.2) is 23.1 Å². The van der Waals surface area contributed by atoms with E-state index in [2.05, 4.69) is 12.6 Å². The molecule has 1 heterocycles. The van der Waals surface area contributed by atoms with Crippen molar-refractivity contribution in [1.82, 2.24) is 0 Å². The largest absolute Gasteiger partial charge is 0.491 e. The Bertz CT molecular complexity index is 462. The van der Waals surface area contributed by atoms with Crippen LogP contribution >= 0.6 is 24.0 Å². The maximum absolute atomic E-state index is 5.30. The first kappa shape index (κ1) is 9.68. The molecule has 2 aromatic rings. The van der Waals surface area contributed by atoms with Crippen molar-refractivity contribution in [3.63, 3.8) is 0 Å². The van der Waals surface area contributed by atoms with Gasteiger partial charge in [0.25, 0.3) is 0 Å². The van der Waals surface area contributed by atoms with E-state index in [0.717, 1.165) is 25.8 Å². The number of ether oxygens (including phenoxy) is 2. The third-order valence-corrected chi connectivity index (χ3v) is 3.71. The molecule has 1 aromatic heterocycles. The second-order valence-electron chi connectivity index (χ2n) is 2.78. The number of benzene rings is 1. The number of hydrogen-bond donors (Lipinski definition) is 1. The van der Waals surface area contributed by atoms with Gasteiger partial charge in [0, 0.05) is 10.3 Å². The van der Waals surface area contributed by atoms with Gasteiger partial charge in [0.2, 0.25) is 5.06 Å². The van der Waals surface area contributed by atoms with E-state index in [9.17, 15) is 0 Å². The van der Waals surface area contributed by atoms with Crippen LogP contribution in [0, 0.1) is 0 Å². The average molecular weight is 226 g/mol. The number of hydrogen-bond acceptors (Lipinski definition) is 4. The summed E-state index contributed by atoms with van der Waals surface area (Å²) in [7, 11) is 3.29. The van der Waals surface area contributed by atoms with Gasteiger partial charge in [-0.3, -0.25) is 0 Å². The molecular weight excluding hydrogens is 216 g/mol. The number of rotatable bonds is 2. The summed E-state index contributed by atoms with van der Waals surface area (Å²) in [4.78, 5) is 0.953. The third-order valence-electron chi connectivity index (χ3n) is 2.01. The molecule has 0 unspecified atom stereocenters. The molecule has 0 aliphatic heterocycles. The summed E-state index contributed by atoms with van der Waals surface area (Å²) < 4.78 is 11.6. The summed E-state index contributed by atoms with van der Waals surface area (Å²) in [6, 6.07) is 5.92. The zero-order valence-corrected chi connectivity index (χ0v) is 9.61. The summed E-state index contributed by atoms with van der Waals surface area (Å²) in [6.07, 6.45) is 0. The van der Waals surface area contributed by atoms with Gasteiger partial charge in [0.1, 0.15) is 0 Å². The maximum atomic E-state index is 5.30. The lowest BCUT2D eigenvalue weighted by molar-refractivity contribution is 0.367. The maximum Gasteiger partial charge on any atom is 0.217 e. The lowest BCUT2D eigenvalue weighted by Crippen LogP contribution is -1.84. The summed E-state index contributed by atoms with van der Waals surface area (Å²) >= 11 is 5.94. The number of methoxy groups -OCH3 is 2. The van der Waals surface area contributed by atoms with E-state index in [0.29, 0.717) is 0 Å². The Morgan fingerprint density at radius 1 is 1.21 bits per heavy atom. The smallest absolute Gasteiger partial charge is 0.217 e. The minimum absolute atomic E-state index is 0.795. The molecular formula is C10H10O2S2. The summed E-state index contributed by atoms with van der Waals surface area (Å²) in [6.45, 7) is 0. The molecule has 2 rings (SSSR count). The van der Waals surface area contributed by atoms with Crippen LogP contribution in [-0.2, 0) is 0 Å². The Morgan fingerprint density at radius 3 is 2.64 bits per heavy atom. The van der Waals surface area contributed by atoms with Crippen LogP contribution < -0.4 is 9.47 Å². The van der Waals surface area contributed by atoms with E-state index < -0.39 is 0 Å². The van der Waals surface area contributed by atoms with Crippen LogP contribution in [0.5, 0.6) is 10.8 Å². The van der Waals surface area contributed by atoms with E-state index in [1.54, 1.807) is 25.6 Å². The fraction of sp³-hybridized carbons (Fsp3) is 0.200. The molecule has 0 amide bonds. The molecule has 0 saturated heterocycles. The predicted molar refractivity (Wildman–Crippen MR) is 62.2 cm³/mol. The molecule has 0 saturated carbocycles. The van der Waals surface area contributed by atoms with Crippen molar-refractivity contribution in [3.05, 3.63) is 18.2 Å². The highest BCUT2D eigenvalue weighted by atomic mass is 32.1. The number of fused-ring (bicyclic) bond motifs is 1. The van der Waals surface area contributed by atoms with Crippen LogP contribution in [0.4, 0.5) is 0 Å². The number of thiophene rings is 1. The highest BCUT2D eigenvalue weighted by Gasteiger charge is 2.14. The van der Waals surface area contributed by atoms with Crippen LogP contribution in [0.1, 0.15) is 0 Å². The van der Waals surface area contributed by atoms with Gasteiger partial charge in [-0.15, -0.1) is 12.6 Å². The highest BCUT2D eigenvalue weighted by Crippen LogP contribution is 2.45. The van der Waals surface area contributed by atoms with Crippen molar-refractivity contribution in [3.8, 4) is 10.8 Å². The van der Waals surface area contributed by atoms with Gasteiger partial charge < -0.3 is 9.47 Å². The normalized spacial score (nSPS) is 10.5. The van der Waals surface area contributed by atoms with Crippen LogP contribution in [0.3, 0.4) is 0 Å². The molecule has 0 N–H and O–H groups in total. The van der Waals surface area contributed by atoms with Crippen LogP contribution in [0.25, 0.3) is 10.1 Å². The minimum atomic E-state index is 0.795. The predicted octanol–water partition coefficient (Wildman–Crippen LogP) is 3.21. The third kappa shape index (κ3) is 1.35.